The maximum absolute atomic E-state index is 12.0. The van der Waals surface area contributed by atoms with E-state index < -0.39 is 24.4 Å². The summed E-state index contributed by atoms with van der Waals surface area (Å²) in [4.78, 5) is 41.7. The highest BCUT2D eigenvalue weighted by Gasteiger charge is 2.48. The van der Waals surface area contributed by atoms with Crippen LogP contribution in [0.2, 0.25) is 0 Å². The van der Waals surface area contributed by atoms with Crippen LogP contribution in [0.25, 0.3) is 55.5 Å². The molecule has 5 aliphatic carbocycles. The Balaban J connectivity index is 0.672. The van der Waals surface area contributed by atoms with Crippen molar-refractivity contribution in [1.29, 1.82) is 0 Å². The van der Waals surface area contributed by atoms with E-state index in [1.807, 2.05) is 33.7 Å². The molecule has 0 amide bonds. The summed E-state index contributed by atoms with van der Waals surface area (Å²) < 4.78 is 4.01. The molecule has 8 aromatic rings. The number of fused-ring (bicyclic) bond motifs is 4. The molecule has 5 fully saturated rings. The first-order valence-electron chi connectivity index (χ1n) is 31.6. The molecule has 5 saturated carbocycles. The third-order valence-electron chi connectivity index (χ3n) is 20.6. The van der Waals surface area contributed by atoms with E-state index in [2.05, 4.69) is 115 Å². The van der Waals surface area contributed by atoms with Crippen LogP contribution in [0, 0.1) is 29.6 Å². The molecule has 10 N–H and O–H groups in total. The van der Waals surface area contributed by atoms with Crippen LogP contribution in [0.1, 0.15) is 161 Å². The molecule has 0 spiro atoms. The average molecular weight is 1140 g/mol. The number of aromatic amines is 2. The Bertz CT molecular complexity index is 3660. The van der Waals surface area contributed by atoms with E-state index in [1.54, 1.807) is 0 Å². The largest absolute Gasteiger partial charge is 0.390 e. The molecular formula is C66H90N14O4. The standard InChI is InChI=1S/C66H90N14O4/c1-35(2)31-77(32-38-26-51(58(83)56(38)81)78-20-18-45-60(67)69-34-70-63(45)78)43-22-36(23-43)13-17-54-73-50-30-41(66(6,7)8)28-47(55(50)74-54)62-75-61(68)46-19-21-79(64(46)76-62)52-27-39(57(82)59(52)84)33-80(42-10-9-11-42)44-24-37(25-44)12-16-53-71-48-15-14-40(65(3,4)5)29-49(48)72-53/h14-15,18-21,28-30,34-39,42-44,51-52,56-59,81-84H,9-13,16-17,22-27,31-33H2,1-8H3,(H,71,72)(H,73,74)(H2,67,69,70)(H2,68,75,76)/t36?,37-,38-,39-,43?,44+,51-,52-,56-,57-,58+,59+/m1/s1. The molecule has 5 aliphatic rings. The summed E-state index contributed by atoms with van der Waals surface area (Å²) in [7, 11) is 0. The molecular weight excluding hydrogens is 1050 g/mol. The molecule has 448 valence electrons. The molecule has 0 saturated heterocycles. The van der Waals surface area contributed by atoms with Crippen LogP contribution in [0.3, 0.4) is 0 Å². The quantitative estimate of drug-likeness (QED) is 0.0398. The summed E-state index contributed by atoms with van der Waals surface area (Å²) in [5, 5.41) is 48.2. The van der Waals surface area contributed by atoms with Crippen molar-refractivity contribution in [3.8, 4) is 11.4 Å². The van der Waals surface area contributed by atoms with Crippen LogP contribution >= 0.6 is 0 Å². The summed E-state index contributed by atoms with van der Waals surface area (Å²) in [5.74, 6) is 4.75. The van der Waals surface area contributed by atoms with Crippen LogP contribution < -0.4 is 11.5 Å². The second kappa shape index (κ2) is 22.0. The second-order valence-electron chi connectivity index (χ2n) is 28.9. The van der Waals surface area contributed by atoms with Gasteiger partial charge >= 0.3 is 0 Å². The van der Waals surface area contributed by atoms with Crippen molar-refractivity contribution < 1.29 is 20.4 Å². The number of aromatic nitrogens is 10. The van der Waals surface area contributed by atoms with Crippen LogP contribution in [0.5, 0.6) is 0 Å². The van der Waals surface area contributed by atoms with Gasteiger partial charge in [-0.15, -0.1) is 0 Å². The Hall–Kier alpha value is -6.02. The number of nitrogens with two attached hydrogens (primary N) is 2. The number of nitrogens with zero attached hydrogens (tertiary/aromatic N) is 10. The van der Waals surface area contributed by atoms with Crippen molar-refractivity contribution in [1.82, 2.24) is 58.8 Å². The zero-order valence-electron chi connectivity index (χ0n) is 50.6. The molecule has 18 nitrogen and oxygen atoms in total. The number of nitrogen functional groups attached to an aromatic ring is 2. The molecule has 8 atom stereocenters. The lowest BCUT2D eigenvalue weighted by molar-refractivity contribution is -0.0338. The molecule has 84 heavy (non-hydrogen) atoms. The predicted octanol–water partition coefficient (Wildman–Crippen LogP) is 9.56. The summed E-state index contributed by atoms with van der Waals surface area (Å²) in [6, 6.07) is 15.6. The number of imidazole rings is 2. The summed E-state index contributed by atoms with van der Waals surface area (Å²) in [6.07, 6.45) is 15.0. The van der Waals surface area contributed by atoms with Gasteiger partial charge in [0.1, 0.15) is 53.1 Å². The van der Waals surface area contributed by atoms with Gasteiger partial charge < -0.3 is 51.0 Å². The van der Waals surface area contributed by atoms with E-state index in [0.717, 1.165) is 127 Å². The van der Waals surface area contributed by atoms with Crippen molar-refractivity contribution in [2.45, 2.75) is 204 Å². The molecule has 2 aromatic carbocycles. The van der Waals surface area contributed by atoms with Gasteiger partial charge in [-0.05, 0) is 140 Å². The van der Waals surface area contributed by atoms with E-state index in [4.69, 9.17) is 31.4 Å². The van der Waals surface area contributed by atoms with E-state index in [-0.39, 0.29) is 34.7 Å². The number of aliphatic hydroxyl groups is 4. The predicted molar refractivity (Wildman–Crippen MR) is 331 cm³/mol. The normalized spacial score (nSPS) is 27.8. The van der Waals surface area contributed by atoms with E-state index in [9.17, 15) is 20.4 Å². The molecule has 13 rings (SSSR count). The smallest absolute Gasteiger partial charge is 0.166 e. The SMILES string of the molecule is CC(C)CN(C[C@H]1C[C@@H](n2ccc3c(N)ncnc32)[C@H](O)[C@@H]1O)C1CC(CCc2nc3cc(C(C)(C)C)cc(-c4nc(N)c5ccn([C@@H]6C[C@H](CN(C7CCC7)[C@H]7C[C@@H](CCc8nc9cc(C(C)(C)C)ccc9[nH]8)C7)[C@@H](O)[C@H]6O)c5n4)c3[nH]2)C1. The van der Waals surface area contributed by atoms with Crippen LogP contribution in [-0.2, 0) is 23.7 Å². The molecule has 0 bridgehead atoms. The highest BCUT2D eigenvalue weighted by Crippen LogP contribution is 2.46. The first kappa shape index (κ1) is 57.1. The number of aliphatic hydroxyl groups excluding tert-OH is 4. The lowest BCUT2D eigenvalue weighted by atomic mass is 9.74. The van der Waals surface area contributed by atoms with Crippen LogP contribution in [0.4, 0.5) is 11.6 Å². The highest BCUT2D eigenvalue weighted by molar-refractivity contribution is 5.94. The number of rotatable bonds is 18. The minimum absolute atomic E-state index is 0.0833. The maximum Gasteiger partial charge on any atom is 0.166 e. The van der Waals surface area contributed by atoms with Gasteiger partial charge in [-0.2, -0.15) is 0 Å². The fourth-order valence-corrected chi connectivity index (χ4v) is 15.2. The highest BCUT2D eigenvalue weighted by atomic mass is 16.3. The van der Waals surface area contributed by atoms with Crippen molar-refractivity contribution in [2.75, 3.05) is 31.1 Å². The molecule has 0 radical (unpaired) electrons. The summed E-state index contributed by atoms with van der Waals surface area (Å²) in [6.45, 7) is 20.3. The van der Waals surface area contributed by atoms with Gasteiger partial charge in [0.15, 0.2) is 5.82 Å². The number of anilines is 2. The van der Waals surface area contributed by atoms with Crippen molar-refractivity contribution >= 4 is 55.8 Å². The summed E-state index contributed by atoms with van der Waals surface area (Å²) in [5.41, 5.74) is 21.4. The van der Waals surface area contributed by atoms with Crippen molar-refractivity contribution in [3.63, 3.8) is 0 Å². The maximum atomic E-state index is 12.0. The minimum Gasteiger partial charge on any atom is -0.390 e. The fourth-order valence-electron chi connectivity index (χ4n) is 15.2. The third-order valence-corrected chi connectivity index (χ3v) is 20.6. The van der Waals surface area contributed by atoms with Crippen LogP contribution in [0.15, 0.2) is 61.2 Å². The fraction of sp³-hybridized carbons (Fsp3) is 0.606. The number of nitrogens with one attached hydrogen (secondary N) is 2. The second-order valence-corrected chi connectivity index (χ2v) is 28.9. The van der Waals surface area contributed by atoms with E-state index in [0.29, 0.717) is 77.5 Å². The Morgan fingerprint density at radius 3 is 1.85 bits per heavy atom. The van der Waals surface area contributed by atoms with E-state index in [1.165, 1.54) is 31.2 Å². The minimum atomic E-state index is -0.961. The van der Waals surface area contributed by atoms with Crippen molar-refractivity contribution in [3.05, 3.63) is 84.0 Å². The molecule has 0 aliphatic heterocycles. The van der Waals surface area contributed by atoms with Gasteiger partial charge in [-0.3, -0.25) is 9.80 Å². The van der Waals surface area contributed by atoms with Gasteiger partial charge in [0.25, 0.3) is 0 Å². The van der Waals surface area contributed by atoms with Gasteiger partial charge in [0.05, 0.1) is 57.1 Å². The third kappa shape index (κ3) is 10.8. The Morgan fingerprint density at radius 2 is 1.21 bits per heavy atom. The number of benzene rings is 2. The first-order chi connectivity index (χ1) is 40.1. The van der Waals surface area contributed by atoms with Gasteiger partial charge in [0.2, 0.25) is 0 Å². The number of hydrogen-bond donors (Lipinski definition) is 8. The average Bonchev–Trinajstić information content (AvgIpc) is 2.51. The molecule has 18 heteroatoms. The van der Waals surface area contributed by atoms with E-state index >= 15 is 0 Å². The lowest BCUT2D eigenvalue weighted by Gasteiger charge is -2.50. The van der Waals surface area contributed by atoms with Crippen molar-refractivity contribution in [2.24, 2.45) is 29.6 Å². The molecule has 6 heterocycles. The van der Waals surface area contributed by atoms with Gasteiger partial charge in [-0.1, -0.05) is 67.9 Å². The van der Waals surface area contributed by atoms with Gasteiger partial charge in [-0.25, -0.2) is 29.9 Å². The first-order valence-corrected chi connectivity index (χ1v) is 31.6. The van der Waals surface area contributed by atoms with Gasteiger partial charge in [0, 0.05) is 80.4 Å². The number of hydrogen-bond acceptors (Lipinski definition) is 14. The van der Waals surface area contributed by atoms with Crippen LogP contribution in [-0.4, -0.2) is 141 Å². The number of aryl methyl sites for hydroxylation is 2. The Morgan fingerprint density at radius 1 is 0.619 bits per heavy atom. The zero-order valence-corrected chi connectivity index (χ0v) is 50.6. The molecule has 6 aromatic heterocycles. The Kier molecular flexibility index (Phi) is 15.0. The lowest BCUT2D eigenvalue weighted by Crippen LogP contribution is -2.54. The topological polar surface area (TPSA) is 258 Å². The summed E-state index contributed by atoms with van der Waals surface area (Å²) >= 11 is 0. The molecule has 0 unspecified atom stereocenters. The monoisotopic (exact) mass is 1140 g/mol. The number of H-pyrrole nitrogens is 2. The Labute approximate surface area is 493 Å². The zero-order chi connectivity index (χ0) is 58.7.